The third-order valence-electron chi connectivity index (χ3n) is 2.02. The third-order valence-corrected chi connectivity index (χ3v) is 2.89. The molecule has 0 aliphatic rings. The van der Waals surface area contributed by atoms with E-state index in [1.54, 1.807) is 30.3 Å². The van der Waals surface area contributed by atoms with Crippen LogP contribution in [-0.4, -0.2) is 5.91 Å². The normalized spacial score (nSPS) is 9.44. The average molecular weight is 228 g/mol. The highest BCUT2D eigenvalue weighted by Crippen LogP contribution is 2.13. The number of nitriles is 1. The predicted octanol–water partition coefficient (Wildman–Crippen LogP) is 2.87. The highest BCUT2D eigenvalue weighted by atomic mass is 32.1. The number of carbonyl (C=O) groups excluding carboxylic acids is 1. The van der Waals surface area contributed by atoms with Crippen LogP contribution in [0.25, 0.3) is 0 Å². The summed E-state index contributed by atoms with van der Waals surface area (Å²) in [6.45, 7) is 0. The van der Waals surface area contributed by atoms with Gasteiger partial charge in [0, 0.05) is 5.69 Å². The molecule has 3 nitrogen and oxygen atoms in total. The molecule has 4 heteroatoms. The van der Waals surface area contributed by atoms with Gasteiger partial charge in [-0.05, 0) is 35.7 Å². The zero-order chi connectivity index (χ0) is 11.4. The molecule has 0 saturated carbocycles. The van der Waals surface area contributed by atoms with Gasteiger partial charge in [0.25, 0.3) is 5.91 Å². The number of nitrogens with zero attached hydrogens (tertiary/aromatic N) is 1. The largest absolute Gasteiger partial charge is 0.321 e. The first-order valence-electron chi connectivity index (χ1n) is 4.64. The van der Waals surface area contributed by atoms with Crippen molar-refractivity contribution in [2.75, 3.05) is 5.32 Å². The van der Waals surface area contributed by atoms with Crippen molar-refractivity contribution in [3.63, 3.8) is 0 Å². The van der Waals surface area contributed by atoms with E-state index in [1.807, 2.05) is 17.5 Å². The number of thiophene rings is 1. The molecule has 0 aliphatic heterocycles. The maximum atomic E-state index is 11.7. The zero-order valence-corrected chi connectivity index (χ0v) is 9.12. The minimum absolute atomic E-state index is 0.125. The molecule has 0 spiro atoms. The Balaban J connectivity index is 2.10. The van der Waals surface area contributed by atoms with E-state index in [4.69, 9.17) is 5.26 Å². The standard InChI is InChI=1S/C12H8N2OS/c13-8-9-3-5-10(6-4-9)14-12(15)11-2-1-7-16-11/h1-7H,(H,14,15). The molecule has 1 heterocycles. The van der Waals surface area contributed by atoms with Crippen molar-refractivity contribution in [3.8, 4) is 6.07 Å². The van der Waals surface area contributed by atoms with Crippen molar-refractivity contribution in [3.05, 3.63) is 52.2 Å². The topological polar surface area (TPSA) is 52.9 Å². The molecular formula is C12H8N2OS. The van der Waals surface area contributed by atoms with Gasteiger partial charge >= 0.3 is 0 Å². The predicted molar refractivity (Wildman–Crippen MR) is 63.4 cm³/mol. The first-order chi connectivity index (χ1) is 7.79. The number of amides is 1. The average Bonchev–Trinajstić information content (AvgIpc) is 2.83. The number of hydrogen-bond donors (Lipinski definition) is 1. The molecule has 0 unspecified atom stereocenters. The Kier molecular flexibility index (Phi) is 2.99. The third kappa shape index (κ3) is 2.27. The Labute approximate surface area is 97.0 Å². The minimum atomic E-state index is -0.125. The van der Waals surface area contributed by atoms with E-state index in [2.05, 4.69) is 5.32 Å². The van der Waals surface area contributed by atoms with Gasteiger partial charge in [-0.2, -0.15) is 5.26 Å². The van der Waals surface area contributed by atoms with Crippen molar-refractivity contribution < 1.29 is 4.79 Å². The molecule has 0 bridgehead atoms. The van der Waals surface area contributed by atoms with E-state index >= 15 is 0 Å². The smallest absolute Gasteiger partial charge is 0.265 e. The summed E-state index contributed by atoms with van der Waals surface area (Å²) in [4.78, 5) is 12.3. The molecule has 1 N–H and O–H groups in total. The van der Waals surface area contributed by atoms with Crippen LogP contribution in [0, 0.1) is 11.3 Å². The van der Waals surface area contributed by atoms with Crippen molar-refractivity contribution >= 4 is 22.9 Å². The van der Waals surface area contributed by atoms with Crippen LogP contribution >= 0.6 is 11.3 Å². The second-order valence-electron chi connectivity index (χ2n) is 3.12. The van der Waals surface area contributed by atoms with Gasteiger partial charge < -0.3 is 5.32 Å². The van der Waals surface area contributed by atoms with Crippen LogP contribution in [0.1, 0.15) is 15.2 Å². The van der Waals surface area contributed by atoms with E-state index in [1.165, 1.54) is 11.3 Å². The molecule has 1 amide bonds. The van der Waals surface area contributed by atoms with E-state index in [0.717, 1.165) is 0 Å². The lowest BCUT2D eigenvalue weighted by Gasteiger charge is -2.02. The second-order valence-corrected chi connectivity index (χ2v) is 4.07. The fourth-order valence-corrected chi connectivity index (χ4v) is 1.85. The van der Waals surface area contributed by atoms with E-state index in [0.29, 0.717) is 16.1 Å². The first-order valence-corrected chi connectivity index (χ1v) is 5.52. The van der Waals surface area contributed by atoms with Gasteiger partial charge in [-0.1, -0.05) is 6.07 Å². The van der Waals surface area contributed by atoms with Gasteiger partial charge in [0.1, 0.15) is 0 Å². The SMILES string of the molecule is N#Cc1ccc(NC(=O)c2cccs2)cc1. The maximum absolute atomic E-state index is 11.7. The molecule has 16 heavy (non-hydrogen) atoms. The fraction of sp³-hybridized carbons (Fsp3) is 0. The molecule has 1 aromatic carbocycles. The van der Waals surface area contributed by atoms with Gasteiger partial charge in [0.05, 0.1) is 16.5 Å². The molecule has 0 saturated heterocycles. The fourth-order valence-electron chi connectivity index (χ4n) is 1.23. The monoisotopic (exact) mass is 228 g/mol. The molecule has 2 aromatic rings. The minimum Gasteiger partial charge on any atom is -0.321 e. The highest BCUT2D eigenvalue weighted by molar-refractivity contribution is 7.12. The van der Waals surface area contributed by atoms with Crippen molar-refractivity contribution in [1.29, 1.82) is 5.26 Å². The quantitative estimate of drug-likeness (QED) is 0.859. The molecule has 0 fully saturated rings. The summed E-state index contributed by atoms with van der Waals surface area (Å²) >= 11 is 1.39. The first kappa shape index (κ1) is 10.4. The molecule has 0 atom stereocenters. The molecule has 2 rings (SSSR count). The molecule has 78 valence electrons. The van der Waals surface area contributed by atoms with Crippen LogP contribution in [0.2, 0.25) is 0 Å². The Morgan fingerprint density at radius 2 is 2.00 bits per heavy atom. The summed E-state index contributed by atoms with van der Waals surface area (Å²) < 4.78 is 0. The summed E-state index contributed by atoms with van der Waals surface area (Å²) in [6.07, 6.45) is 0. The van der Waals surface area contributed by atoms with Crippen LogP contribution in [0.4, 0.5) is 5.69 Å². The van der Waals surface area contributed by atoms with E-state index in [-0.39, 0.29) is 5.91 Å². The Morgan fingerprint density at radius 1 is 1.25 bits per heavy atom. The van der Waals surface area contributed by atoms with Gasteiger partial charge in [0.2, 0.25) is 0 Å². The van der Waals surface area contributed by atoms with Crippen molar-refractivity contribution in [2.45, 2.75) is 0 Å². The zero-order valence-electron chi connectivity index (χ0n) is 8.31. The molecular weight excluding hydrogens is 220 g/mol. The molecule has 0 aliphatic carbocycles. The summed E-state index contributed by atoms with van der Waals surface area (Å²) in [7, 11) is 0. The highest BCUT2D eigenvalue weighted by Gasteiger charge is 2.06. The Bertz CT molecular complexity index is 523. The molecule has 0 radical (unpaired) electrons. The van der Waals surface area contributed by atoms with Crippen LogP contribution in [-0.2, 0) is 0 Å². The summed E-state index contributed by atoms with van der Waals surface area (Å²) in [5.74, 6) is -0.125. The Morgan fingerprint density at radius 3 is 2.56 bits per heavy atom. The summed E-state index contributed by atoms with van der Waals surface area (Å²) in [6, 6.07) is 12.4. The van der Waals surface area contributed by atoms with Crippen LogP contribution < -0.4 is 5.32 Å². The van der Waals surface area contributed by atoms with Crippen LogP contribution in [0.3, 0.4) is 0 Å². The number of carbonyl (C=O) groups is 1. The lowest BCUT2D eigenvalue weighted by molar-refractivity contribution is 0.103. The number of nitrogens with one attached hydrogen (secondary N) is 1. The van der Waals surface area contributed by atoms with Gasteiger partial charge in [0.15, 0.2) is 0 Å². The lowest BCUT2D eigenvalue weighted by atomic mass is 10.2. The van der Waals surface area contributed by atoms with Crippen LogP contribution in [0.5, 0.6) is 0 Å². The Hall–Kier alpha value is -2.12. The van der Waals surface area contributed by atoms with Crippen molar-refractivity contribution in [1.82, 2.24) is 0 Å². The summed E-state index contributed by atoms with van der Waals surface area (Å²) in [5, 5.41) is 13.2. The van der Waals surface area contributed by atoms with Gasteiger partial charge in [-0.15, -0.1) is 11.3 Å². The second kappa shape index (κ2) is 4.60. The van der Waals surface area contributed by atoms with Gasteiger partial charge in [-0.25, -0.2) is 0 Å². The maximum Gasteiger partial charge on any atom is 0.265 e. The number of anilines is 1. The number of hydrogen-bond acceptors (Lipinski definition) is 3. The van der Waals surface area contributed by atoms with E-state index < -0.39 is 0 Å². The number of rotatable bonds is 2. The summed E-state index contributed by atoms with van der Waals surface area (Å²) in [5.41, 5.74) is 1.27. The van der Waals surface area contributed by atoms with E-state index in [9.17, 15) is 4.79 Å². The lowest BCUT2D eigenvalue weighted by Crippen LogP contribution is -2.09. The van der Waals surface area contributed by atoms with Crippen LogP contribution in [0.15, 0.2) is 41.8 Å². The number of benzene rings is 1. The van der Waals surface area contributed by atoms with Gasteiger partial charge in [-0.3, -0.25) is 4.79 Å². The van der Waals surface area contributed by atoms with Crippen molar-refractivity contribution in [2.24, 2.45) is 0 Å². The molecule has 1 aromatic heterocycles.